The highest BCUT2D eigenvalue weighted by atomic mass is 15.2. The van der Waals surface area contributed by atoms with Gasteiger partial charge in [0.1, 0.15) is 0 Å². The zero-order valence-corrected chi connectivity index (χ0v) is 10.6. The molecule has 0 saturated carbocycles. The molecule has 1 fully saturated rings. The molecule has 1 heterocycles. The van der Waals surface area contributed by atoms with E-state index in [0.717, 1.165) is 12.6 Å². The SMILES string of the molecule is CNCCCCN1CCCC1CN(C)C. The Kier molecular flexibility index (Phi) is 6.22. The molecule has 0 aromatic carbocycles. The monoisotopic (exact) mass is 213 g/mol. The first-order chi connectivity index (χ1) is 7.24. The van der Waals surface area contributed by atoms with Gasteiger partial charge in [0.05, 0.1) is 0 Å². The molecule has 0 aromatic heterocycles. The van der Waals surface area contributed by atoms with Gasteiger partial charge >= 0.3 is 0 Å². The van der Waals surface area contributed by atoms with Crippen LogP contribution in [0, 0.1) is 0 Å². The van der Waals surface area contributed by atoms with Crippen molar-refractivity contribution in [1.29, 1.82) is 0 Å². The molecule has 0 spiro atoms. The number of hydrogen-bond acceptors (Lipinski definition) is 3. The fraction of sp³-hybridized carbons (Fsp3) is 1.00. The highest BCUT2D eigenvalue weighted by Crippen LogP contribution is 2.17. The third-order valence-corrected chi connectivity index (χ3v) is 3.20. The van der Waals surface area contributed by atoms with Gasteiger partial charge in [-0.25, -0.2) is 0 Å². The molecule has 1 N–H and O–H groups in total. The zero-order valence-electron chi connectivity index (χ0n) is 10.6. The number of unbranched alkanes of at least 4 members (excludes halogenated alkanes) is 1. The Bertz CT molecular complexity index is 159. The summed E-state index contributed by atoms with van der Waals surface area (Å²) in [6.07, 6.45) is 5.43. The fourth-order valence-corrected chi connectivity index (χ4v) is 2.43. The van der Waals surface area contributed by atoms with Crippen LogP contribution >= 0.6 is 0 Å². The quantitative estimate of drug-likeness (QED) is 0.637. The molecular weight excluding hydrogens is 186 g/mol. The highest BCUT2D eigenvalue weighted by molar-refractivity contribution is 4.80. The Hall–Kier alpha value is -0.120. The van der Waals surface area contributed by atoms with Crippen LogP contribution in [0.3, 0.4) is 0 Å². The maximum atomic E-state index is 3.21. The van der Waals surface area contributed by atoms with Gasteiger partial charge in [0.15, 0.2) is 0 Å². The van der Waals surface area contributed by atoms with Crippen molar-refractivity contribution >= 4 is 0 Å². The second kappa shape index (κ2) is 7.20. The molecule has 0 aliphatic carbocycles. The molecule has 90 valence electrons. The van der Waals surface area contributed by atoms with Crippen LogP contribution in [0.4, 0.5) is 0 Å². The summed E-state index contributed by atoms with van der Waals surface area (Å²) in [5.74, 6) is 0. The second-order valence-electron chi connectivity index (χ2n) is 4.90. The van der Waals surface area contributed by atoms with Gasteiger partial charge < -0.3 is 10.2 Å². The lowest BCUT2D eigenvalue weighted by Crippen LogP contribution is -2.38. The van der Waals surface area contributed by atoms with E-state index in [0.29, 0.717) is 0 Å². The van der Waals surface area contributed by atoms with Crippen LogP contribution in [0.15, 0.2) is 0 Å². The molecule has 1 aliphatic heterocycles. The minimum absolute atomic E-state index is 0.814. The van der Waals surface area contributed by atoms with E-state index in [1.807, 2.05) is 7.05 Å². The van der Waals surface area contributed by atoms with Gasteiger partial charge in [-0.05, 0) is 66.5 Å². The second-order valence-corrected chi connectivity index (χ2v) is 4.90. The number of likely N-dealkylation sites (tertiary alicyclic amines) is 1. The lowest BCUT2D eigenvalue weighted by molar-refractivity contribution is 0.205. The normalized spacial score (nSPS) is 22.8. The van der Waals surface area contributed by atoms with E-state index in [1.54, 1.807) is 0 Å². The average Bonchev–Trinajstić information content (AvgIpc) is 2.59. The molecule has 1 aliphatic rings. The Balaban J connectivity index is 2.15. The molecule has 1 atom stereocenters. The number of rotatable bonds is 7. The Morgan fingerprint density at radius 1 is 1.33 bits per heavy atom. The largest absolute Gasteiger partial charge is 0.320 e. The molecule has 3 heteroatoms. The number of likely N-dealkylation sites (N-methyl/N-ethyl adjacent to an activating group) is 1. The first-order valence-corrected chi connectivity index (χ1v) is 6.27. The summed E-state index contributed by atoms with van der Waals surface area (Å²) in [5, 5.41) is 3.21. The van der Waals surface area contributed by atoms with Crippen LogP contribution in [-0.4, -0.2) is 63.2 Å². The van der Waals surface area contributed by atoms with E-state index in [1.165, 1.54) is 45.3 Å². The average molecular weight is 213 g/mol. The minimum Gasteiger partial charge on any atom is -0.320 e. The van der Waals surface area contributed by atoms with E-state index in [2.05, 4.69) is 29.2 Å². The molecule has 0 bridgehead atoms. The lowest BCUT2D eigenvalue weighted by Gasteiger charge is -2.26. The summed E-state index contributed by atoms with van der Waals surface area (Å²) in [7, 11) is 6.39. The zero-order chi connectivity index (χ0) is 11.1. The van der Waals surface area contributed by atoms with Crippen molar-refractivity contribution in [3.05, 3.63) is 0 Å². The van der Waals surface area contributed by atoms with Crippen molar-refractivity contribution in [1.82, 2.24) is 15.1 Å². The van der Waals surface area contributed by atoms with Crippen LogP contribution in [-0.2, 0) is 0 Å². The van der Waals surface area contributed by atoms with Gasteiger partial charge in [-0.2, -0.15) is 0 Å². The summed E-state index contributed by atoms with van der Waals surface area (Å²) >= 11 is 0. The van der Waals surface area contributed by atoms with Crippen LogP contribution in [0.2, 0.25) is 0 Å². The molecule has 1 rings (SSSR count). The van der Waals surface area contributed by atoms with Crippen LogP contribution in [0.5, 0.6) is 0 Å². The van der Waals surface area contributed by atoms with Crippen LogP contribution in [0.1, 0.15) is 25.7 Å². The van der Waals surface area contributed by atoms with Gasteiger partial charge in [0, 0.05) is 12.6 Å². The Labute approximate surface area is 94.8 Å². The van der Waals surface area contributed by atoms with Crippen molar-refractivity contribution in [3.8, 4) is 0 Å². The molecule has 0 amide bonds. The summed E-state index contributed by atoms with van der Waals surface area (Å²) in [5.41, 5.74) is 0. The fourth-order valence-electron chi connectivity index (χ4n) is 2.43. The van der Waals surface area contributed by atoms with Crippen molar-refractivity contribution in [3.63, 3.8) is 0 Å². The summed E-state index contributed by atoms with van der Waals surface area (Å²) in [6, 6.07) is 0.814. The maximum Gasteiger partial charge on any atom is 0.0223 e. The third kappa shape index (κ3) is 4.96. The van der Waals surface area contributed by atoms with E-state index in [4.69, 9.17) is 0 Å². The van der Waals surface area contributed by atoms with Gasteiger partial charge in [0.25, 0.3) is 0 Å². The van der Waals surface area contributed by atoms with Crippen molar-refractivity contribution in [2.75, 3.05) is 47.3 Å². The molecule has 1 saturated heterocycles. The molecule has 3 nitrogen and oxygen atoms in total. The van der Waals surface area contributed by atoms with Gasteiger partial charge in [-0.1, -0.05) is 0 Å². The van der Waals surface area contributed by atoms with Gasteiger partial charge in [0.2, 0.25) is 0 Å². The Morgan fingerprint density at radius 2 is 2.13 bits per heavy atom. The van der Waals surface area contributed by atoms with Crippen molar-refractivity contribution in [2.45, 2.75) is 31.7 Å². The molecule has 0 radical (unpaired) electrons. The summed E-state index contributed by atoms with van der Waals surface area (Å²) < 4.78 is 0. The van der Waals surface area contributed by atoms with Crippen molar-refractivity contribution in [2.24, 2.45) is 0 Å². The Morgan fingerprint density at radius 3 is 2.80 bits per heavy atom. The molecule has 0 aromatic rings. The van der Waals surface area contributed by atoms with Gasteiger partial charge in [-0.15, -0.1) is 0 Å². The predicted molar refractivity (Wildman–Crippen MR) is 66.3 cm³/mol. The summed E-state index contributed by atoms with van der Waals surface area (Å²) in [4.78, 5) is 4.99. The molecule has 1 unspecified atom stereocenters. The predicted octanol–water partition coefficient (Wildman–Crippen LogP) is 1.01. The maximum absolute atomic E-state index is 3.21. The van der Waals surface area contributed by atoms with E-state index >= 15 is 0 Å². The van der Waals surface area contributed by atoms with Crippen LogP contribution < -0.4 is 5.32 Å². The van der Waals surface area contributed by atoms with E-state index in [-0.39, 0.29) is 0 Å². The van der Waals surface area contributed by atoms with E-state index in [9.17, 15) is 0 Å². The smallest absolute Gasteiger partial charge is 0.0223 e. The molecule has 15 heavy (non-hydrogen) atoms. The first kappa shape index (κ1) is 12.9. The minimum atomic E-state index is 0.814. The topological polar surface area (TPSA) is 18.5 Å². The summed E-state index contributed by atoms with van der Waals surface area (Å²) in [6.45, 7) is 5.00. The number of nitrogens with zero attached hydrogens (tertiary/aromatic N) is 2. The van der Waals surface area contributed by atoms with Crippen LogP contribution in [0.25, 0.3) is 0 Å². The van der Waals surface area contributed by atoms with E-state index < -0.39 is 0 Å². The lowest BCUT2D eigenvalue weighted by atomic mass is 10.2. The third-order valence-electron chi connectivity index (χ3n) is 3.20. The van der Waals surface area contributed by atoms with Gasteiger partial charge in [-0.3, -0.25) is 4.90 Å². The first-order valence-electron chi connectivity index (χ1n) is 6.27. The number of nitrogens with one attached hydrogen (secondary N) is 1. The standard InChI is InChI=1S/C12H27N3/c1-13-8-4-5-9-15-10-6-7-12(15)11-14(2)3/h12-13H,4-11H2,1-3H3. The highest BCUT2D eigenvalue weighted by Gasteiger charge is 2.23. The molecular formula is C12H27N3. The van der Waals surface area contributed by atoms with Crippen molar-refractivity contribution < 1.29 is 0 Å². The number of hydrogen-bond donors (Lipinski definition) is 1.